The Morgan fingerprint density at radius 2 is 1.67 bits per heavy atom. The standard InChI is InChI=1S/C13H20N2O3/c1-16-11-5-9(14)4-10(6-11)15-7-12(17-2)13(8-15)18-3/h4-6,12-13H,7-8,14H2,1-3H3. The van der Waals surface area contributed by atoms with Gasteiger partial charge in [0, 0.05) is 50.8 Å². The summed E-state index contributed by atoms with van der Waals surface area (Å²) in [5.74, 6) is 0.764. The van der Waals surface area contributed by atoms with Crippen LogP contribution in [0.3, 0.4) is 0 Å². The number of nitrogen functional groups attached to an aromatic ring is 1. The normalized spacial score (nSPS) is 23.4. The lowest BCUT2D eigenvalue weighted by Gasteiger charge is -2.19. The van der Waals surface area contributed by atoms with E-state index in [9.17, 15) is 0 Å². The van der Waals surface area contributed by atoms with E-state index in [1.165, 1.54) is 0 Å². The van der Waals surface area contributed by atoms with Crippen molar-refractivity contribution >= 4 is 11.4 Å². The Balaban J connectivity index is 2.20. The van der Waals surface area contributed by atoms with Gasteiger partial charge in [-0.05, 0) is 6.07 Å². The molecule has 100 valence electrons. The van der Waals surface area contributed by atoms with Crippen molar-refractivity contribution in [3.05, 3.63) is 18.2 Å². The molecule has 1 aliphatic heterocycles. The summed E-state index contributed by atoms with van der Waals surface area (Å²) in [7, 11) is 5.05. The van der Waals surface area contributed by atoms with Gasteiger partial charge in [0.1, 0.15) is 18.0 Å². The zero-order chi connectivity index (χ0) is 13.1. The minimum Gasteiger partial charge on any atom is -0.497 e. The minimum atomic E-state index is 0.0856. The predicted octanol–water partition coefficient (Wildman–Crippen LogP) is 1.13. The van der Waals surface area contributed by atoms with Crippen LogP contribution < -0.4 is 15.4 Å². The summed E-state index contributed by atoms with van der Waals surface area (Å²) >= 11 is 0. The smallest absolute Gasteiger partial charge is 0.122 e. The molecule has 1 aromatic rings. The molecule has 18 heavy (non-hydrogen) atoms. The molecule has 1 aliphatic rings. The molecule has 2 atom stereocenters. The average Bonchev–Trinajstić information content (AvgIpc) is 2.81. The molecule has 0 radical (unpaired) electrons. The van der Waals surface area contributed by atoms with E-state index in [2.05, 4.69) is 4.90 Å². The van der Waals surface area contributed by atoms with E-state index >= 15 is 0 Å². The topological polar surface area (TPSA) is 57.0 Å². The van der Waals surface area contributed by atoms with Gasteiger partial charge < -0.3 is 24.8 Å². The van der Waals surface area contributed by atoms with Crippen molar-refractivity contribution in [3.63, 3.8) is 0 Å². The van der Waals surface area contributed by atoms with Crippen molar-refractivity contribution < 1.29 is 14.2 Å². The summed E-state index contributed by atoms with van der Waals surface area (Å²) in [5.41, 5.74) is 7.60. The Hall–Kier alpha value is -1.46. The molecule has 5 nitrogen and oxygen atoms in total. The van der Waals surface area contributed by atoms with Gasteiger partial charge in [-0.1, -0.05) is 0 Å². The first-order valence-electron chi connectivity index (χ1n) is 5.93. The number of ether oxygens (including phenoxy) is 3. The molecule has 0 amide bonds. The predicted molar refractivity (Wildman–Crippen MR) is 71.2 cm³/mol. The quantitative estimate of drug-likeness (QED) is 0.814. The first-order chi connectivity index (χ1) is 8.67. The zero-order valence-corrected chi connectivity index (χ0v) is 11.1. The lowest BCUT2D eigenvalue weighted by molar-refractivity contribution is -0.00461. The van der Waals surface area contributed by atoms with Gasteiger partial charge in [-0.15, -0.1) is 0 Å². The number of rotatable bonds is 4. The SMILES string of the molecule is COc1cc(N)cc(N2CC(OC)C(OC)C2)c1. The van der Waals surface area contributed by atoms with E-state index in [0.29, 0.717) is 5.69 Å². The minimum absolute atomic E-state index is 0.0856. The average molecular weight is 252 g/mol. The monoisotopic (exact) mass is 252 g/mol. The molecule has 1 aromatic carbocycles. The Kier molecular flexibility index (Phi) is 3.93. The maximum atomic E-state index is 5.87. The summed E-state index contributed by atoms with van der Waals surface area (Å²) in [6, 6.07) is 5.72. The highest BCUT2D eigenvalue weighted by molar-refractivity contribution is 5.61. The maximum Gasteiger partial charge on any atom is 0.122 e. The van der Waals surface area contributed by atoms with Crippen molar-refractivity contribution in [1.29, 1.82) is 0 Å². The molecule has 0 bridgehead atoms. The second-order valence-electron chi connectivity index (χ2n) is 4.42. The fourth-order valence-electron chi connectivity index (χ4n) is 2.31. The van der Waals surface area contributed by atoms with Gasteiger partial charge in [-0.25, -0.2) is 0 Å². The van der Waals surface area contributed by atoms with E-state index in [0.717, 1.165) is 24.5 Å². The van der Waals surface area contributed by atoms with E-state index < -0.39 is 0 Å². The zero-order valence-electron chi connectivity index (χ0n) is 11.1. The molecule has 0 aliphatic carbocycles. The van der Waals surface area contributed by atoms with Gasteiger partial charge in [0.15, 0.2) is 0 Å². The highest BCUT2D eigenvalue weighted by atomic mass is 16.5. The van der Waals surface area contributed by atoms with Crippen LogP contribution in [0.25, 0.3) is 0 Å². The molecular formula is C13H20N2O3. The number of methoxy groups -OCH3 is 3. The van der Waals surface area contributed by atoms with Crippen LogP contribution in [0.4, 0.5) is 11.4 Å². The number of nitrogens with two attached hydrogens (primary N) is 1. The van der Waals surface area contributed by atoms with Gasteiger partial charge in [0.05, 0.1) is 7.11 Å². The van der Waals surface area contributed by atoms with Crippen LogP contribution >= 0.6 is 0 Å². The van der Waals surface area contributed by atoms with Crippen LogP contribution in [0.5, 0.6) is 5.75 Å². The molecular weight excluding hydrogens is 232 g/mol. The van der Waals surface area contributed by atoms with Crippen molar-refractivity contribution in [2.45, 2.75) is 12.2 Å². The first kappa shape index (κ1) is 13.0. The fourth-order valence-corrected chi connectivity index (χ4v) is 2.31. The summed E-state index contributed by atoms with van der Waals surface area (Å²) < 4.78 is 16.1. The summed E-state index contributed by atoms with van der Waals surface area (Å²) in [5, 5.41) is 0. The second-order valence-corrected chi connectivity index (χ2v) is 4.42. The number of benzene rings is 1. The Labute approximate surface area is 107 Å². The van der Waals surface area contributed by atoms with E-state index in [4.69, 9.17) is 19.9 Å². The molecule has 0 saturated carbocycles. The van der Waals surface area contributed by atoms with Crippen LogP contribution in [-0.2, 0) is 9.47 Å². The van der Waals surface area contributed by atoms with E-state index in [-0.39, 0.29) is 12.2 Å². The van der Waals surface area contributed by atoms with Crippen molar-refractivity contribution in [2.75, 3.05) is 45.1 Å². The van der Waals surface area contributed by atoms with Crippen LogP contribution in [0.2, 0.25) is 0 Å². The number of hydrogen-bond acceptors (Lipinski definition) is 5. The number of nitrogens with zero attached hydrogens (tertiary/aromatic N) is 1. The fraction of sp³-hybridized carbons (Fsp3) is 0.538. The van der Waals surface area contributed by atoms with Crippen LogP contribution in [0.1, 0.15) is 0 Å². The molecule has 0 spiro atoms. The third-order valence-corrected chi connectivity index (χ3v) is 3.34. The van der Waals surface area contributed by atoms with Gasteiger partial charge in [-0.2, -0.15) is 0 Å². The lowest BCUT2D eigenvalue weighted by Crippen LogP contribution is -2.27. The largest absolute Gasteiger partial charge is 0.497 e. The van der Waals surface area contributed by atoms with Gasteiger partial charge in [0.2, 0.25) is 0 Å². The summed E-state index contributed by atoms with van der Waals surface area (Å²) in [4.78, 5) is 2.20. The Morgan fingerprint density at radius 3 is 2.17 bits per heavy atom. The highest BCUT2D eigenvalue weighted by Crippen LogP contribution is 2.29. The number of hydrogen-bond donors (Lipinski definition) is 1. The summed E-state index contributed by atoms with van der Waals surface area (Å²) in [6.07, 6.45) is 0.171. The molecule has 2 N–H and O–H groups in total. The summed E-state index contributed by atoms with van der Waals surface area (Å²) in [6.45, 7) is 1.59. The van der Waals surface area contributed by atoms with Crippen LogP contribution in [0, 0.1) is 0 Å². The maximum absolute atomic E-state index is 5.87. The molecule has 2 unspecified atom stereocenters. The molecule has 1 saturated heterocycles. The van der Waals surface area contributed by atoms with Gasteiger partial charge >= 0.3 is 0 Å². The van der Waals surface area contributed by atoms with Crippen LogP contribution in [-0.4, -0.2) is 46.6 Å². The molecule has 1 heterocycles. The second kappa shape index (κ2) is 5.46. The highest BCUT2D eigenvalue weighted by Gasteiger charge is 2.33. The van der Waals surface area contributed by atoms with Crippen molar-refractivity contribution in [2.24, 2.45) is 0 Å². The molecule has 1 fully saturated rings. The first-order valence-corrected chi connectivity index (χ1v) is 5.93. The van der Waals surface area contributed by atoms with Gasteiger partial charge in [0.25, 0.3) is 0 Å². The Bertz CT molecular complexity index is 399. The van der Waals surface area contributed by atoms with Crippen molar-refractivity contribution in [1.82, 2.24) is 0 Å². The van der Waals surface area contributed by atoms with Crippen LogP contribution in [0.15, 0.2) is 18.2 Å². The number of anilines is 2. The van der Waals surface area contributed by atoms with E-state index in [1.54, 1.807) is 27.4 Å². The lowest BCUT2D eigenvalue weighted by atomic mass is 10.2. The van der Waals surface area contributed by atoms with Gasteiger partial charge in [-0.3, -0.25) is 0 Å². The molecule has 0 aromatic heterocycles. The van der Waals surface area contributed by atoms with Crippen molar-refractivity contribution in [3.8, 4) is 5.75 Å². The third kappa shape index (κ3) is 2.52. The molecule has 5 heteroatoms. The Morgan fingerprint density at radius 1 is 1.06 bits per heavy atom. The molecule has 2 rings (SSSR count). The third-order valence-electron chi connectivity index (χ3n) is 3.34. The van der Waals surface area contributed by atoms with E-state index in [1.807, 2.05) is 12.1 Å².